The number of hydrogen-bond donors (Lipinski definition) is 4. The molecule has 34 heavy (non-hydrogen) atoms. The van der Waals surface area contributed by atoms with E-state index in [0.717, 1.165) is 16.7 Å². The fraction of sp³-hybridized carbons (Fsp3) is 0.250. The van der Waals surface area contributed by atoms with Crippen molar-refractivity contribution >= 4 is 34.8 Å². The second kappa shape index (κ2) is 8.89. The van der Waals surface area contributed by atoms with Crippen LogP contribution in [-0.2, 0) is 0 Å². The average molecular weight is 463 g/mol. The van der Waals surface area contributed by atoms with Crippen LogP contribution in [0.1, 0.15) is 43.8 Å². The largest absolute Gasteiger partial charge is 0.490 e. The van der Waals surface area contributed by atoms with Gasteiger partial charge in [-0.2, -0.15) is 4.98 Å². The van der Waals surface area contributed by atoms with Crippen LogP contribution in [0.25, 0.3) is 0 Å². The van der Waals surface area contributed by atoms with Crippen molar-refractivity contribution in [1.82, 2.24) is 9.97 Å². The number of rotatable bonds is 5. The van der Waals surface area contributed by atoms with Gasteiger partial charge in [0.15, 0.2) is 5.78 Å². The number of ether oxygens (including phenoxy) is 2. The maximum atomic E-state index is 12.8. The Kier molecular flexibility index (Phi) is 5.97. The lowest BCUT2D eigenvalue weighted by atomic mass is 9.90. The first-order chi connectivity index (χ1) is 16.2. The Morgan fingerprint density at radius 3 is 2.50 bits per heavy atom. The highest BCUT2D eigenvalue weighted by atomic mass is 16.5. The lowest BCUT2D eigenvalue weighted by molar-refractivity contribution is 0.0739. The first kappa shape index (κ1) is 22.8. The summed E-state index contributed by atoms with van der Waals surface area (Å²) in [6.45, 7) is 5.85. The molecule has 0 saturated heterocycles. The zero-order valence-corrected chi connectivity index (χ0v) is 19.1. The molecule has 0 aliphatic carbocycles. The molecule has 1 aromatic heterocycles. The Morgan fingerprint density at radius 2 is 1.82 bits per heavy atom. The van der Waals surface area contributed by atoms with E-state index in [2.05, 4.69) is 15.3 Å². The van der Waals surface area contributed by atoms with Crippen LogP contribution in [0.15, 0.2) is 30.5 Å². The molecule has 1 amide bonds. The summed E-state index contributed by atoms with van der Waals surface area (Å²) in [4.78, 5) is 32.8. The SMILES string of the molecule is Cc1c(C)c2c(c(C)c1N)C(=O)CC(COc1ccc(NC(=O)c3cnc(N)nc3N)cc1)O2. The maximum absolute atomic E-state index is 12.8. The van der Waals surface area contributed by atoms with Gasteiger partial charge in [-0.3, -0.25) is 9.59 Å². The number of aromatic nitrogens is 2. The molecule has 1 atom stereocenters. The number of carbonyl (C=O) groups is 2. The first-order valence-electron chi connectivity index (χ1n) is 10.7. The summed E-state index contributed by atoms with van der Waals surface area (Å²) in [6, 6.07) is 6.78. The molecular formula is C24H26N6O4. The van der Waals surface area contributed by atoms with Gasteiger partial charge in [0.05, 0.1) is 12.0 Å². The number of fused-ring (bicyclic) bond motifs is 1. The number of nitrogens with two attached hydrogens (primary N) is 3. The summed E-state index contributed by atoms with van der Waals surface area (Å²) in [5.74, 6) is 0.672. The topological polar surface area (TPSA) is 168 Å². The minimum atomic E-state index is -0.458. The van der Waals surface area contributed by atoms with Crippen molar-refractivity contribution in [3.8, 4) is 11.5 Å². The Balaban J connectivity index is 1.40. The van der Waals surface area contributed by atoms with Gasteiger partial charge in [-0.1, -0.05) is 0 Å². The quantitative estimate of drug-likeness (QED) is 0.416. The highest BCUT2D eigenvalue weighted by molar-refractivity contribution is 6.07. The van der Waals surface area contributed by atoms with E-state index in [1.807, 2.05) is 20.8 Å². The van der Waals surface area contributed by atoms with Gasteiger partial charge < -0.3 is 32.0 Å². The van der Waals surface area contributed by atoms with Gasteiger partial charge in [-0.15, -0.1) is 0 Å². The monoisotopic (exact) mass is 462 g/mol. The van der Waals surface area contributed by atoms with Crippen molar-refractivity contribution in [3.05, 3.63) is 58.3 Å². The molecule has 4 rings (SSSR count). The third-order valence-corrected chi connectivity index (χ3v) is 5.92. The fourth-order valence-electron chi connectivity index (χ4n) is 3.85. The van der Waals surface area contributed by atoms with Crippen LogP contribution < -0.4 is 32.0 Å². The molecule has 176 valence electrons. The van der Waals surface area contributed by atoms with Crippen LogP contribution in [0.5, 0.6) is 11.5 Å². The maximum Gasteiger partial charge on any atom is 0.260 e. The van der Waals surface area contributed by atoms with Crippen molar-refractivity contribution in [3.63, 3.8) is 0 Å². The van der Waals surface area contributed by atoms with E-state index in [0.29, 0.717) is 28.4 Å². The van der Waals surface area contributed by atoms with Crippen LogP contribution in [0.2, 0.25) is 0 Å². The van der Waals surface area contributed by atoms with E-state index in [1.165, 1.54) is 6.20 Å². The van der Waals surface area contributed by atoms with Crippen molar-refractivity contribution in [2.45, 2.75) is 33.3 Å². The number of Topliss-reactive ketones (excluding diaryl/α,β-unsaturated/α-hetero) is 1. The van der Waals surface area contributed by atoms with Gasteiger partial charge >= 0.3 is 0 Å². The molecule has 7 N–H and O–H groups in total. The lowest BCUT2D eigenvalue weighted by Crippen LogP contribution is -2.33. The van der Waals surface area contributed by atoms with Crippen molar-refractivity contribution < 1.29 is 19.1 Å². The van der Waals surface area contributed by atoms with Crippen molar-refractivity contribution in [2.24, 2.45) is 0 Å². The second-order valence-electron chi connectivity index (χ2n) is 8.18. The van der Waals surface area contributed by atoms with Crippen LogP contribution in [0.4, 0.5) is 23.1 Å². The van der Waals surface area contributed by atoms with Gasteiger partial charge in [0.1, 0.15) is 35.6 Å². The Bertz CT molecular complexity index is 1290. The molecule has 0 bridgehead atoms. The van der Waals surface area contributed by atoms with Crippen LogP contribution in [0.3, 0.4) is 0 Å². The molecule has 0 saturated carbocycles. The summed E-state index contributed by atoms with van der Waals surface area (Å²) in [5.41, 5.74) is 21.7. The number of nitrogen functional groups attached to an aromatic ring is 3. The number of nitrogens with zero attached hydrogens (tertiary/aromatic N) is 2. The Hall–Kier alpha value is -4.34. The molecule has 2 heterocycles. The predicted molar refractivity (Wildman–Crippen MR) is 129 cm³/mol. The zero-order valence-electron chi connectivity index (χ0n) is 19.1. The Labute approximate surface area is 196 Å². The van der Waals surface area contributed by atoms with E-state index < -0.39 is 12.0 Å². The van der Waals surface area contributed by atoms with Gasteiger partial charge in [0.25, 0.3) is 5.91 Å². The molecule has 2 aromatic carbocycles. The standard InChI is InChI=1S/C24H26N6O4/c1-11-12(2)21-19(13(3)20(11)25)18(31)8-16(34-21)10-33-15-6-4-14(5-7-15)29-23(32)17-9-28-24(27)30-22(17)26/h4-7,9,16H,8,10,25H2,1-3H3,(H,29,32)(H4,26,27,28,30). The Morgan fingerprint density at radius 1 is 1.12 bits per heavy atom. The number of ketones is 1. The molecule has 10 nitrogen and oxygen atoms in total. The minimum Gasteiger partial charge on any atom is -0.490 e. The van der Waals surface area contributed by atoms with Crippen molar-refractivity contribution in [2.75, 3.05) is 29.1 Å². The third kappa shape index (κ3) is 4.29. The first-order valence-corrected chi connectivity index (χ1v) is 10.7. The summed E-state index contributed by atoms with van der Waals surface area (Å²) >= 11 is 0. The molecule has 0 spiro atoms. The minimum absolute atomic E-state index is 0.00290. The molecule has 1 unspecified atom stereocenters. The second-order valence-corrected chi connectivity index (χ2v) is 8.18. The smallest absolute Gasteiger partial charge is 0.260 e. The molecule has 10 heteroatoms. The number of carbonyl (C=O) groups excluding carboxylic acids is 2. The lowest BCUT2D eigenvalue weighted by Gasteiger charge is -2.29. The van der Waals surface area contributed by atoms with E-state index in [-0.39, 0.29) is 36.1 Å². The van der Waals surface area contributed by atoms with Crippen LogP contribution >= 0.6 is 0 Å². The number of nitrogens with one attached hydrogen (secondary N) is 1. The molecular weight excluding hydrogens is 436 g/mol. The molecule has 3 aromatic rings. The fourth-order valence-corrected chi connectivity index (χ4v) is 3.85. The number of benzene rings is 2. The normalized spacial score (nSPS) is 14.8. The summed E-state index contributed by atoms with van der Waals surface area (Å²) in [6.07, 6.45) is 1.05. The zero-order chi connectivity index (χ0) is 24.6. The molecule has 0 radical (unpaired) electrons. The van der Waals surface area contributed by atoms with Gasteiger partial charge in [0, 0.05) is 17.6 Å². The highest BCUT2D eigenvalue weighted by Gasteiger charge is 2.31. The summed E-state index contributed by atoms with van der Waals surface area (Å²) in [5, 5.41) is 2.71. The summed E-state index contributed by atoms with van der Waals surface area (Å²) in [7, 11) is 0. The highest BCUT2D eigenvalue weighted by Crippen LogP contribution is 2.39. The predicted octanol–water partition coefficient (Wildman–Crippen LogP) is 2.81. The van der Waals surface area contributed by atoms with Crippen LogP contribution in [0, 0.1) is 20.8 Å². The van der Waals surface area contributed by atoms with Gasteiger partial charge in [-0.05, 0) is 61.7 Å². The van der Waals surface area contributed by atoms with E-state index in [9.17, 15) is 9.59 Å². The van der Waals surface area contributed by atoms with Crippen LogP contribution in [-0.4, -0.2) is 34.4 Å². The van der Waals surface area contributed by atoms with Crippen molar-refractivity contribution in [1.29, 1.82) is 0 Å². The van der Waals surface area contributed by atoms with E-state index >= 15 is 0 Å². The van der Waals surface area contributed by atoms with E-state index in [4.69, 9.17) is 26.7 Å². The molecule has 0 fully saturated rings. The van der Waals surface area contributed by atoms with Gasteiger partial charge in [-0.25, -0.2) is 4.98 Å². The average Bonchev–Trinajstić information content (AvgIpc) is 2.80. The van der Waals surface area contributed by atoms with Gasteiger partial charge in [0.2, 0.25) is 5.95 Å². The van der Waals surface area contributed by atoms with E-state index in [1.54, 1.807) is 24.3 Å². The summed E-state index contributed by atoms with van der Waals surface area (Å²) < 4.78 is 12.0. The molecule has 1 aliphatic rings. The number of anilines is 4. The number of hydrogen-bond acceptors (Lipinski definition) is 9. The molecule has 1 aliphatic heterocycles. The number of amides is 1. The third-order valence-electron chi connectivity index (χ3n) is 5.92.